The van der Waals surface area contributed by atoms with Gasteiger partial charge in [-0.05, 0) is 36.2 Å². The molecular weight excluding hydrogens is 242 g/mol. The van der Waals surface area contributed by atoms with Crippen molar-refractivity contribution in [2.45, 2.75) is 39.7 Å². The van der Waals surface area contributed by atoms with Gasteiger partial charge in [0.1, 0.15) is 5.82 Å². The van der Waals surface area contributed by atoms with Gasteiger partial charge in [0.2, 0.25) is 0 Å². The van der Waals surface area contributed by atoms with Crippen LogP contribution in [0.3, 0.4) is 0 Å². The van der Waals surface area contributed by atoms with E-state index in [9.17, 15) is 0 Å². The van der Waals surface area contributed by atoms with E-state index in [1.807, 2.05) is 0 Å². The van der Waals surface area contributed by atoms with Crippen LogP contribution in [0, 0.1) is 4.77 Å². The van der Waals surface area contributed by atoms with Crippen LogP contribution in [0.1, 0.15) is 37.2 Å². The SMILES string of the molecule is CCCc1n[nH]c(=S)n1Cc1ccc(CC)cc1. The van der Waals surface area contributed by atoms with Crippen LogP contribution in [0.2, 0.25) is 0 Å². The van der Waals surface area contributed by atoms with Gasteiger partial charge in [-0.3, -0.25) is 9.67 Å². The van der Waals surface area contributed by atoms with E-state index >= 15 is 0 Å². The number of aromatic nitrogens is 3. The molecule has 1 N–H and O–H groups in total. The first-order chi connectivity index (χ1) is 8.74. The predicted molar refractivity (Wildman–Crippen MR) is 76.3 cm³/mol. The summed E-state index contributed by atoms with van der Waals surface area (Å²) in [6, 6.07) is 8.70. The van der Waals surface area contributed by atoms with E-state index in [0.717, 1.165) is 31.6 Å². The largest absolute Gasteiger partial charge is 0.300 e. The molecule has 0 amide bonds. The third-order valence-corrected chi connectivity index (χ3v) is 3.39. The molecule has 0 unspecified atom stereocenters. The lowest BCUT2D eigenvalue weighted by molar-refractivity contribution is 0.699. The summed E-state index contributed by atoms with van der Waals surface area (Å²) in [5.74, 6) is 1.04. The zero-order chi connectivity index (χ0) is 13.0. The molecule has 2 aromatic rings. The van der Waals surface area contributed by atoms with Crippen LogP contribution in [-0.2, 0) is 19.4 Å². The zero-order valence-corrected chi connectivity index (χ0v) is 11.8. The second-order valence-electron chi connectivity index (χ2n) is 4.45. The molecule has 0 radical (unpaired) electrons. The molecule has 1 aromatic carbocycles. The van der Waals surface area contributed by atoms with Gasteiger partial charge in [0.05, 0.1) is 6.54 Å². The first-order valence-electron chi connectivity index (χ1n) is 6.46. The topological polar surface area (TPSA) is 33.6 Å². The number of aryl methyl sites for hydroxylation is 2. The summed E-state index contributed by atoms with van der Waals surface area (Å²) in [4.78, 5) is 0. The average Bonchev–Trinajstić information content (AvgIpc) is 2.73. The molecule has 1 aromatic heterocycles. The van der Waals surface area contributed by atoms with E-state index in [-0.39, 0.29) is 0 Å². The van der Waals surface area contributed by atoms with Crippen molar-refractivity contribution in [3.8, 4) is 0 Å². The van der Waals surface area contributed by atoms with Crippen LogP contribution < -0.4 is 0 Å². The fourth-order valence-corrected chi connectivity index (χ4v) is 2.21. The third-order valence-electron chi connectivity index (χ3n) is 3.08. The molecule has 0 aliphatic carbocycles. The summed E-state index contributed by atoms with van der Waals surface area (Å²) in [5.41, 5.74) is 2.63. The van der Waals surface area contributed by atoms with Crippen LogP contribution in [0.25, 0.3) is 0 Å². The minimum Gasteiger partial charge on any atom is -0.300 e. The lowest BCUT2D eigenvalue weighted by Gasteiger charge is -2.07. The molecule has 0 bridgehead atoms. The van der Waals surface area contributed by atoms with Crippen molar-refractivity contribution in [1.29, 1.82) is 0 Å². The van der Waals surface area contributed by atoms with Gasteiger partial charge in [0, 0.05) is 6.42 Å². The van der Waals surface area contributed by atoms with Gasteiger partial charge in [-0.1, -0.05) is 38.1 Å². The Bertz CT molecular complexity index is 551. The fraction of sp³-hybridized carbons (Fsp3) is 0.429. The molecule has 18 heavy (non-hydrogen) atoms. The van der Waals surface area contributed by atoms with E-state index in [2.05, 4.69) is 52.9 Å². The highest BCUT2D eigenvalue weighted by atomic mass is 32.1. The first kappa shape index (κ1) is 13.0. The fourth-order valence-electron chi connectivity index (χ4n) is 1.99. The molecule has 0 saturated carbocycles. The Morgan fingerprint density at radius 2 is 1.83 bits per heavy atom. The first-order valence-corrected chi connectivity index (χ1v) is 6.87. The maximum Gasteiger partial charge on any atom is 0.195 e. The molecule has 4 heteroatoms. The number of nitrogens with one attached hydrogen (secondary N) is 1. The minimum absolute atomic E-state index is 0.706. The van der Waals surface area contributed by atoms with Gasteiger partial charge < -0.3 is 0 Å². The zero-order valence-electron chi connectivity index (χ0n) is 10.9. The standard InChI is InChI=1S/C14H19N3S/c1-3-5-13-15-16-14(18)17(13)10-12-8-6-11(4-2)7-9-12/h6-9H,3-5,10H2,1-2H3,(H,16,18). The van der Waals surface area contributed by atoms with Gasteiger partial charge in [-0.2, -0.15) is 5.10 Å². The molecule has 1 heterocycles. The number of hydrogen-bond donors (Lipinski definition) is 1. The van der Waals surface area contributed by atoms with E-state index in [0.29, 0.717) is 4.77 Å². The molecule has 0 spiro atoms. The Labute approximate surface area is 113 Å². The molecule has 0 fully saturated rings. The van der Waals surface area contributed by atoms with Gasteiger partial charge in [-0.15, -0.1) is 0 Å². The highest BCUT2D eigenvalue weighted by Crippen LogP contribution is 2.09. The van der Waals surface area contributed by atoms with Crippen LogP contribution in [0.5, 0.6) is 0 Å². The second-order valence-corrected chi connectivity index (χ2v) is 4.84. The number of rotatable bonds is 5. The molecular formula is C14H19N3S. The maximum absolute atomic E-state index is 5.28. The van der Waals surface area contributed by atoms with E-state index in [4.69, 9.17) is 12.2 Å². The Balaban J connectivity index is 2.22. The molecule has 0 aliphatic heterocycles. The molecule has 96 valence electrons. The van der Waals surface area contributed by atoms with Crippen molar-refractivity contribution in [2.75, 3.05) is 0 Å². The van der Waals surface area contributed by atoms with Crippen molar-refractivity contribution < 1.29 is 0 Å². The minimum atomic E-state index is 0.706. The second kappa shape index (κ2) is 5.96. The highest BCUT2D eigenvalue weighted by Gasteiger charge is 2.05. The Morgan fingerprint density at radius 1 is 1.17 bits per heavy atom. The van der Waals surface area contributed by atoms with Gasteiger partial charge in [0.25, 0.3) is 0 Å². The molecule has 2 rings (SSSR count). The number of aromatic amines is 1. The van der Waals surface area contributed by atoms with Crippen LogP contribution in [-0.4, -0.2) is 14.8 Å². The third kappa shape index (κ3) is 2.88. The summed E-state index contributed by atoms with van der Waals surface area (Å²) in [6.07, 6.45) is 3.11. The normalized spacial score (nSPS) is 10.8. The quantitative estimate of drug-likeness (QED) is 0.836. The summed E-state index contributed by atoms with van der Waals surface area (Å²) < 4.78 is 2.79. The molecule has 3 nitrogen and oxygen atoms in total. The van der Waals surface area contributed by atoms with E-state index in [1.165, 1.54) is 11.1 Å². The smallest absolute Gasteiger partial charge is 0.195 e. The summed E-state index contributed by atoms with van der Waals surface area (Å²) >= 11 is 5.28. The van der Waals surface area contributed by atoms with Crippen molar-refractivity contribution >= 4 is 12.2 Å². The summed E-state index contributed by atoms with van der Waals surface area (Å²) in [5, 5.41) is 7.16. The molecule has 0 aliphatic rings. The summed E-state index contributed by atoms with van der Waals surface area (Å²) in [7, 11) is 0. The number of hydrogen-bond acceptors (Lipinski definition) is 2. The summed E-state index contributed by atoms with van der Waals surface area (Å²) in [6.45, 7) is 5.12. The van der Waals surface area contributed by atoms with Crippen LogP contribution in [0.4, 0.5) is 0 Å². The average molecular weight is 261 g/mol. The lowest BCUT2D eigenvalue weighted by Crippen LogP contribution is -2.05. The Morgan fingerprint density at radius 3 is 2.44 bits per heavy atom. The number of benzene rings is 1. The monoisotopic (exact) mass is 261 g/mol. The van der Waals surface area contributed by atoms with E-state index < -0.39 is 0 Å². The van der Waals surface area contributed by atoms with Crippen molar-refractivity contribution in [3.05, 3.63) is 46.0 Å². The van der Waals surface area contributed by atoms with Crippen molar-refractivity contribution in [1.82, 2.24) is 14.8 Å². The van der Waals surface area contributed by atoms with E-state index in [1.54, 1.807) is 0 Å². The van der Waals surface area contributed by atoms with Gasteiger partial charge >= 0.3 is 0 Å². The Hall–Kier alpha value is -1.42. The predicted octanol–water partition coefficient (Wildman–Crippen LogP) is 3.50. The maximum atomic E-state index is 5.28. The van der Waals surface area contributed by atoms with Crippen LogP contribution in [0.15, 0.2) is 24.3 Å². The van der Waals surface area contributed by atoms with Crippen molar-refractivity contribution in [2.24, 2.45) is 0 Å². The molecule has 0 atom stereocenters. The Kier molecular flexibility index (Phi) is 4.31. The van der Waals surface area contributed by atoms with Gasteiger partial charge in [0.15, 0.2) is 4.77 Å². The van der Waals surface area contributed by atoms with Crippen molar-refractivity contribution in [3.63, 3.8) is 0 Å². The van der Waals surface area contributed by atoms with Gasteiger partial charge in [-0.25, -0.2) is 0 Å². The number of nitrogens with zero attached hydrogens (tertiary/aromatic N) is 2. The van der Waals surface area contributed by atoms with Crippen LogP contribution >= 0.6 is 12.2 Å². The lowest BCUT2D eigenvalue weighted by atomic mass is 10.1. The highest BCUT2D eigenvalue weighted by molar-refractivity contribution is 7.71. The number of H-pyrrole nitrogens is 1. The molecule has 0 saturated heterocycles.